The second-order valence-electron chi connectivity index (χ2n) is 3.11. The molecule has 76 valence electrons. The van der Waals surface area contributed by atoms with Gasteiger partial charge in [0.05, 0.1) is 10.2 Å². The fourth-order valence-corrected chi connectivity index (χ4v) is 1.51. The first kappa shape index (κ1) is 10.1. The Hall–Kier alpha value is -1.42. The fourth-order valence-electron chi connectivity index (χ4n) is 1.20. The van der Waals surface area contributed by atoms with Crippen LogP contribution in [0, 0.1) is 6.92 Å². The van der Waals surface area contributed by atoms with Crippen LogP contribution in [0.2, 0.25) is 0 Å². The maximum absolute atomic E-state index is 4.17. The number of anilines is 2. The number of hydrogen-bond donors (Lipinski definition) is 1. The van der Waals surface area contributed by atoms with Crippen LogP contribution in [0.3, 0.4) is 0 Å². The average molecular weight is 264 g/mol. The lowest BCUT2D eigenvalue weighted by Crippen LogP contribution is -1.97. The first-order valence-electron chi connectivity index (χ1n) is 4.56. The summed E-state index contributed by atoms with van der Waals surface area (Å²) in [7, 11) is 0. The molecular weight excluding hydrogens is 254 g/mol. The maximum Gasteiger partial charge on any atom is 0.148 e. The maximum atomic E-state index is 4.17. The molecule has 0 saturated carbocycles. The molecule has 0 unspecified atom stereocenters. The number of para-hydroxylation sites is 1. The minimum atomic E-state index is 0.786. The molecule has 3 nitrogen and oxygen atoms in total. The Morgan fingerprint density at radius 3 is 2.60 bits per heavy atom. The van der Waals surface area contributed by atoms with Gasteiger partial charge in [0, 0.05) is 5.69 Å². The van der Waals surface area contributed by atoms with Gasteiger partial charge >= 0.3 is 0 Å². The summed E-state index contributed by atoms with van der Waals surface area (Å²) in [5, 5.41) is 3.22. The van der Waals surface area contributed by atoms with Crippen LogP contribution in [0.5, 0.6) is 0 Å². The van der Waals surface area contributed by atoms with E-state index in [0.29, 0.717) is 0 Å². The van der Waals surface area contributed by atoms with Crippen molar-refractivity contribution in [3.63, 3.8) is 0 Å². The molecule has 0 spiro atoms. The summed E-state index contributed by atoms with van der Waals surface area (Å²) in [5.41, 5.74) is 1.93. The molecule has 1 aromatic carbocycles. The lowest BCUT2D eigenvalue weighted by molar-refractivity contribution is 1.09. The first-order valence-corrected chi connectivity index (χ1v) is 5.36. The number of benzene rings is 1. The van der Waals surface area contributed by atoms with E-state index in [-0.39, 0.29) is 0 Å². The van der Waals surface area contributed by atoms with E-state index in [1.165, 1.54) is 0 Å². The van der Waals surface area contributed by atoms with E-state index in [0.717, 1.165) is 21.7 Å². The van der Waals surface area contributed by atoms with Gasteiger partial charge in [-0.2, -0.15) is 0 Å². The van der Waals surface area contributed by atoms with Crippen LogP contribution >= 0.6 is 15.9 Å². The minimum absolute atomic E-state index is 0.786. The summed E-state index contributed by atoms with van der Waals surface area (Å²) in [4.78, 5) is 8.25. The molecule has 0 saturated heterocycles. The van der Waals surface area contributed by atoms with Gasteiger partial charge in [-0.1, -0.05) is 18.2 Å². The van der Waals surface area contributed by atoms with Crippen molar-refractivity contribution in [2.75, 3.05) is 5.32 Å². The van der Waals surface area contributed by atoms with E-state index in [2.05, 4.69) is 31.2 Å². The number of nitrogens with one attached hydrogen (secondary N) is 1. The van der Waals surface area contributed by atoms with Gasteiger partial charge in [-0.3, -0.25) is 0 Å². The third-order valence-electron chi connectivity index (χ3n) is 2.00. The first-order chi connectivity index (χ1) is 7.27. The monoisotopic (exact) mass is 263 g/mol. The van der Waals surface area contributed by atoms with E-state index in [1.54, 1.807) is 6.33 Å². The predicted octanol–water partition coefficient (Wildman–Crippen LogP) is 3.29. The van der Waals surface area contributed by atoms with Crippen molar-refractivity contribution < 1.29 is 0 Å². The van der Waals surface area contributed by atoms with Crippen LogP contribution < -0.4 is 5.32 Å². The molecule has 0 radical (unpaired) electrons. The smallest absolute Gasteiger partial charge is 0.148 e. The van der Waals surface area contributed by atoms with E-state index >= 15 is 0 Å². The SMILES string of the molecule is Cc1ncnc(Nc2ccccc2)c1Br. The molecule has 0 amide bonds. The second kappa shape index (κ2) is 4.40. The molecule has 0 aliphatic carbocycles. The highest BCUT2D eigenvalue weighted by atomic mass is 79.9. The van der Waals surface area contributed by atoms with Gasteiger partial charge in [0.2, 0.25) is 0 Å². The minimum Gasteiger partial charge on any atom is -0.339 e. The molecule has 0 atom stereocenters. The van der Waals surface area contributed by atoms with E-state index < -0.39 is 0 Å². The summed E-state index contributed by atoms with van der Waals surface area (Å²) in [6.45, 7) is 1.93. The van der Waals surface area contributed by atoms with Gasteiger partial charge in [0.15, 0.2) is 0 Å². The van der Waals surface area contributed by atoms with Gasteiger partial charge in [0.1, 0.15) is 12.1 Å². The van der Waals surface area contributed by atoms with Gasteiger partial charge < -0.3 is 5.32 Å². The molecule has 1 heterocycles. The molecule has 0 fully saturated rings. The van der Waals surface area contributed by atoms with Crippen molar-refractivity contribution in [1.29, 1.82) is 0 Å². The molecule has 2 rings (SSSR count). The third-order valence-corrected chi connectivity index (χ3v) is 2.95. The standard InChI is InChI=1S/C11H10BrN3/c1-8-10(12)11(14-7-13-8)15-9-5-3-2-4-6-9/h2-7H,1H3,(H,13,14,15). The molecule has 2 aromatic rings. The highest BCUT2D eigenvalue weighted by molar-refractivity contribution is 9.10. The lowest BCUT2D eigenvalue weighted by Gasteiger charge is -2.07. The van der Waals surface area contributed by atoms with Crippen LogP contribution in [0.4, 0.5) is 11.5 Å². The quantitative estimate of drug-likeness (QED) is 0.904. The Bertz CT molecular complexity index is 457. The molecule has 4 heteroatoms. The number of nitrogens with zero attached hydrogens (tertiary/aromatic N) is 2. The largest absolute Gasteiger partial charge is 0.339 e. The Kier molecular flexibility index (Phi) is 2.97. The lowest BCUT2D eigenvalue weighted by atomic mass is 10.3. The van der Waals surface area contributed by atoms with Gasteiger partial charge in [0.25, 0.3) is 0 Å². The van der Waals surface area contributed by atoms with E-state index in [9.17, 15) is 0 Å². The molecule has 1 N–H and O–H groups in total. The third kappa shape index (κ3) is 2.33. The molecular formula is C11H10BrN3. The Balaban J connectivity index is 2.29. The van der Waals surface area contributed by atoms with Crippen molar-refractivity contribution in [2.24, 2.45) is 0 Å². The molecule has 15 heavy (non-hydrogen) atoms. The number of halogens is 1. The fraction of sp³-hybridized carbons (Fsp3) is 0.0909. The number of hydrogen-bond acceptors (Lipinski definition) is 3. The summed E-state index contributed by atoms with van der Waals surface area (Å²) < 4.78 is 0.897. The summed E-state index contributed by atoms with van der Waals surface area (Å²) in [6.07, 6.45) is 1.55. The molecule has 0 aliphatic heterocycles. The molecule has 0 bridgehead atoms. The summed E-state index contributed by atoms with van der Waals surface area (Å²) in [6, 6.07) is 9.91. The van der Waals surface area contributed by atoms with E-state index in [1.807, 2.05) is 37.3 Å². The highest BCUT2D eigenvalue weighted by Crippen LogP contribution is 2.24. The van der Waals surface area contributed by atoms with Gasteiger partial charge in [-0.05, 0) is 35.0 Å². The zero-order valence-electron chi connectivity index (χ0n) is 8.24. The topological polar surface area (TPSA) is 37.8 Å². The predicted molar refractivity (Wildman–Crippen MR) is 64.2 cm³/mol. The van der Waals surface area contributed by atoms with Crippen molar-refractivity contribution >= 4 is 27.4 Å². The van der Waals surface area contributed by atoms with Crippen molar-refractivity contribution in [1.82, 2.24) is 9.97 Å². The number of rotatable bonds is 2. The average Bonchev–Trinajstić information content (AvgIpc) is 2.26. The second-order valence-corrected chi connectivity index (χ2v) is 3.91. The van der Waals surface area contributed by atoms with Gasteiger partial charge in [-0.15, -0.1) is 0 Å². The Morgan fingerprint density at radius 2 is 1.87 bits per heavy atom. The molecule has 1 aromatic heterocycles. The van der Waals surface area contributed by atoms with Crippen LogP contribution in [0.25, 0.3) is 0 Å². The van der Waals surface area contributed by atoms with Crippen molar-refractivity contribution in [3.05, 3.63) is 46.8 Å². The van der Waals surface area contributed by atoms with Crippen molar-refractivity contribution in [2.45, 2.75) is 6.92 Å². The van der Waals surface area contributed by atoms with Crippen molar-refractivity contribution in [3.8, 4) is 0 Å². The summed E-state index contributed by atoms with van der Waals surface area (Å²) >= 11 is 3.45. The number of aryl methyl sites for hydroxylation is 1. The normalized spacial score (nSPS) is 10.0. The Labute approximate surface area is 96.7 Å². The van der Waals surface area contributed by atoms with E-state index in [4.69, 9.17) is 0 Å². The van der Waals surface area contributed by atoms with Crippen LogP contribution in [-0.4, -0.2) is 9.97 Å². The van der Waals surface area contributed by atoms with Crippen LogP contribution in [0.1, 0.15) is 5.69 Å². The molecule has 0 aliphatic rings. The zero-order valence-corrected chi connectivity index (χ0v) is 9.82. The van der Waals surface area contributed by atoms with Gasteiger partial charge in [-0.25, -0.2) is 9.97 Å². The Morgan fingerprint density at radius 1 is 1.13 bits per heavy atom. The van der Waals surface area contributed by atoms with Crippen LogP contribution in [-0.2, 0) is 0 Å². The number of aromatic nitrogens is 2. The highest BCUT2D eigenvalue weighted by Gasteiger charge is 2.04. The van der Waals surface area contributed by atoms with Crippen LogP contribution in [0.15, 0.2) is 41.1 Å². The summed E-state index contributed by atoms with van der Waals surface area (Å²) in [5.74, 6) is 0.786. The zero-order chi connectivity index (χ0) is 10.7.